The molecule has 0 aliphatic carbocycles. The van der Waals surface area contributed by atoms with E-state index in [4.69, 9.17) is 11.6 Å². The number of nitrogens with zero attached hydrogens (tertiary/aromatic N) is 2. The van der Waals surface area contributed by atoms with E-state index in [1.54, 1.807) is 0 Å². The maximum atomic E-state index is 11.4. The van der Waals surface area contributed by atoms with Crippen LogP contribution in [0.25, 0.3) is 0 Å². The van der Waals surface area contributed by atoms with Gasteiger partial charge in [0.25, 0.3) is 5.56 Å². The predicted octanol–water partition coefficient (Wildman–Crippen LogP) is 2.11. The molecule has 0 spiro atoms. The summed E-state index contributed by atoms with van der Waals surface area (Å²) < 4.78 is 0. The maximum absolute atomic E-state index is 11.4. The summed E-state index contributed by atoms with van der Waals surface area (Å²) in [5.74, 6) is 0. The summed E-state index contributed by atoms with van der Waals surface area (Å²) in [6.45, 7) is 1.66. The second kappa shape index (κ2) is 5.54. The Morgan fingerprint density at radius 1 is 1.35 bits per heavy atom. The van der Waals surface area contributed by atoms with Crippen molar-refractivity contribution in [2.75, 3.05) is 23.3 Å². The van der Waals surface area contributed by atoms with Crippen LogP contribution in [0.1, 0.15) is 6.42 Å². The van der Waals surface area contributed by atoms with Crippen molar-refractivity contribution >= 4 is 23.0 Å². The molecule has 0 amide bonds. The molecule has 104 valence electrons. The van der Waals surface area contributed by atoms with Crippen LogP contribution in [-0.4, -0.2) is 29.3 Å². The molecule has 6 heteroatoms. The number of anilines is 2. The Kier molecular flexibility index (Phi) is 3.60. The van der Waals surface area contributed by atoms with Gasteiger partial charge in [-0.1, -0.05) is 29.8 Å². The fraction of sp³-hybridized carbons (Fsp3) is 0.286. The van der Waals surface area contributed by atoms with Gasteiger partial charge < -0.3 is 10.2 Å². The Labute approximate surface area is 121 Å². The number of nitrogens with one attached hydrogen (secondary N) is 2. The lowest BCUT2D eigenvalue weighted by Gasteiger charge is -2.19. The van der Waals surface area contributed by atoms with Crippen LogP contribution < -0.4 is 15.8 Å². The molecule has 1 atom stereocenters. The first-order valence-electron chi connectivity index (χ1n) is 6.54. The van der Waals surface area contributed by atoms with Gasteiger partial charge >= 0.3 is 0 Å². The molecule has 0 saturated carbocycles. The van der Waals surface area contributed by atoms with Gasteiger partial charge in [-0.15, -0.1) is 0 Å². The molecule has 3 rings (SSSR count). The second-order valence-corrected chi connectivity index (χ2v) is 5.21. The third-order valence-corrected chi connectivity index (χ3v) is 3.70. The summed E-state index contributed by atoms with van der Waals surface area (Å²) in [5, 5.41) is 9.95. The number of aromatic amines is 1. The minimum Gasteiger partial charge on any atom is -0.380 e. The molecule has 0 radical (unpaired) electrons. The van der Waals surface area contributed by atoms with Crippen LogP contribution in [0.5, 0.6) is 0 Å². The minimum absolute atomic E-state index is 0.233. The topological polar surface area (TPSA) is 61.0 Å². The Bertz CT molecular complexity index is 643. The molecule has 2 heterocycles. The van der Waals surface area contributed by atoms with Crippen LogP contribution >= 0.6 is 11.6 Å². The Morgan fingerprint density at radius 2 is 2.15 bits per heavy atom. The molecule has 20 heavy (non-hydrogen) atoms. The van der Waals surface area contributed by atoms with E-state index in [0.29, 0.717) is 16.9 Å². The largest absolute Gasteiger partial charge is 0.380 e. The van der Waals surface area contributed by atoms with E-state index >= 15 is 0 Å². The van der Waals surface area contributed by atoms with Crippen LogP contribution in [0.4, 0.5) is 11.4 Å². The molecule has 1 unspecified atom stereocenters. The van der Waals surface area contributed by atoms with Gasteiger partial charge in [0.2, 0.25) is 0 Å². The summed E-state index contributed by atoms with van der Waals surface area (Å²) in [7, 11) is 0. The molecule has 1 saturated heterocycles. The molecule has 1 fully saturated rings. The SMILES string of the molecule is O=c1cc(N2CCC(Nc3ccccc3)C2)c(Cl)n[nH]1. The van der Waals surface area contributed by atoms with E-state index in [1.807, 2.05) is 30.3 Å². The molecular formula is C14H15ClN4O. The first kappa shape index (κ1) is 13.0. The zero-order valence-corrected chi connectivity index (χ0v) is 11.6. The molecule has 1 aromatic heterocycles. The number of hydrogen-bond donors (Lipinski definition) is 2. The van der Waals surface area contributed by atoms with E-state index in [0.717, 1.165) is 25.2 Å². The van der Waals surface area contributed by atoms with Crippen LogP contribution in [0, 0.1) is 0 Å². The Morgan fingerprint density at radius 3 is 2.95 bits per heavy atom. The zero-order chi connectivity index (χ0) is 13.9. The minimum atomic E-state index is -0.233. The van der Waals surface area contributed by atoms with Crippen molar-refractivity contribution in [3.63, 3.8) is 0 Å². The lowest BCUT2D eigenvalue weighted by atomic mass is 10.2. The zero-order valence-electron chi connectivity index (χ0n) is 10.8. The summed E-state index contributed by atoms with van der Waals surface area (Å²) in [6, 6.07) is 11.9. The normalized spacial score (nSPS) is 18.2. The molecule has 2 N–H and O–H groups in total. The van der Waals surface area contributed by atoms with Crippen molar-refractivity contribution in [2.45, 2.75) is 12.5 Å². The van der Waals surface area contributed by atoms with Crippen molar-refractivity contribution in [3.8, 4) is 0 Å². The number of hydrogen-bond acceptors (Lipinski definition) is 4. The highest BCUT2D eigenvalue weighted by Crippen LogP contribution is 2.26. The monoisotopic (exact) mass is 290 g/mol. The second-order valence-electron chi connectivity index (χ2n) is 4.85. The van der Waals surface area contributed by atoms with Gasteiger partial charge in [-0.25, -0.2) is 5.10 Å². The van der Waals surface area contributed by atoms with Crippen LogP contribution in [0.15, 0.2) is 41.2 Å². The van der Waals surface area contributed by atoms with E-state index in [1.165, 1.54) is 6.07 Å². The maximum Gasteiger partial charge on any atom is 0.266 e. The molecule has 1 aliphatic heterocycles. The molecule has 5 nitrogen and oxygen atoms in total. The lowest BCUT2D eigenvalue weighted by Crippen LogP contribution is -2.27. The third kappa shape index (κ3) is 2.77. The van der Waals surface area contributed by atoms with Gasteiger partial charge in [-0.2, -0.15) is 5.10 Å². The fourth-order valence-corrected chi connectivity index (χ4v) is 2.68. The first-order valence-corrected chi connectivity index (χ1v) is 6.92. The highest BCUT2D eigenvalue weighted by Gasteiger charge is 2.24. The standard InChI is InChI=1S/C14H15ClN4O/c15-14-12(8-13(20)17-18-14)19-7-6-11(9-19)16-10-4-2-1-3-5-10/h1-5,8,11,16H,6-7,9H2,(H,17,20). The van der Waals surface area contributed by atoms with Gasteiger partial charge in [0.05, 0.1) is 5.69 Å². The summed E-state index contributed by atoms with van der Waals surface area (Å²) in [5.41, 5.74) is 1.58. The highest BCUT2D eigenvalue weighted by molar-refractivity contribution is 6.31. The van der Waals surface area contributed by atoms with Gasteiger partial charge in [0, 0.05) is 30.9 Å². The average Bonchev–Trinajstić information content (AvgIpc) is 2.91. The fourth-order valence-electron chi connectivity index (χ4n) is 2.47. The lowest BCUT2D eigenvalue weighted by molar-refractivity contribution is 0.806. The van der Waals surface area contributed by atoms with Gasteiger partial charge in [0.15, 0.2) is 5.15 Å². The number of rotatable bonds is 3. The number of halogens is 1. The van der Waals surface area contributed by atoms with Crippen molar-refractivity contribution in [1.29, 1.82) is 0 Å². The van der Waals surface area contributed by atoms with Gasteiger partial charge in [-0.05, 0) is 18.6 Å². The number of benzene rings is 1. The van der Waals surface area contributed by atoms with E-state index < -0.39 is 0 Å². The number of para-hydroxylation sites is 1. The average molecular weight is 291 g/mol. The van der Waals surface area contributed by atoms with Crippen LogP contribution in [-0.2, 0) is 0 Å². The molecule has 1 aromatic carbocycles. The van der Waals surface area contributed by atoms with Crippen molar-refractivity contribution in [1.82, 2.24) is 10.2 Å². The Balaban J connectivity index is 1.70. The van der Waals surface area contributed by atoms with Crippen molar-refractivity contribution in [3.05, 3.63) is 51.9 Å². The third-order valence-electron chi connectivity index (χ3n) is 3.42. The summed E-state index contributed by atoms with van der Waals surface area (Å²) >= 11 is 6.04. The van der Waals surface area contributed by atoms with E-state index in [9.17, 15) is 4.79 Å². The first-order chi connectivity index (χ1) is 9.72. The van der Waals surface area contributed by atoms with Crippen molar-refractivity contribution < 1.29 is 0 Å². The molecular weight excluding hydrogens is 276 g/mol. The number of aromatic nitrogens is 2. The van der Waals surface area contributed by atoms with Crippen LogP contribution in [0.2, 0.25) is 5.15 Å². The van der Waals surface area contributed by atoms with Crippen molar-refractivity contribution in [2.24, 2.45) is 0 Å². The van der Waals surface area contributed by atoms with Crippen LogP contribution in [0.3, 0.4) is 0 Å². The number of H-pyrrole nitrogens is 1. The summed E-state index contributed by atoms with van der Waals surface area (Å²) in [6.07, 6.45) is 0.998. The molecule has 1 aliphatic rings. The van der Waals surface area contributed by atoms with Gasteiger partial charge in [-0.3, -0.25) is 4.79 Å². The molecule has 2 aromatic rings. The predicted molar refractivity (Wildman–Crippen MR) is 80.6 cm³/mol. The summed E-state index contributed by atoms with van der Waals surface area (Å²) in [4.78, 5) is 13.4. The molecule has 0 bridgehead atoms. The van der Waals surface area contributed by atoms with E-state index in [2.05, 4.69) is 20.4 Å². The highest BCUT2D eigenvalue weighted by atomic mass is 35.5. The van der Waals surface area contributed by atoms with E-state index in [-0.39, 0.29) is 5.56 Å². The Hall–Kier alpha value is -2.01. The quantitative estimate of drug-likeness (QED) is 0.909. The smallest absolute Gasteiger partial charge is 0.266 e. The van der Waals surface area contributed by atoms with Gasteiger partial charge in [0.1, 0.15) is 0 Å².